The van der Waals surface area contributed by atoms with E-state index in [9.17, 15) is 9.59 Å². The summed E-state index contributed by atoms with van der Waals surface area (Å²) in [6.07, 6.45) is 5.91. The molecule has 6 rings (SSSR count). The highest BCUT2D eigenvalue weighted by Crippen LogP contribution is 2.44. The van der Waals surface area contributed by atoms with Gasteiger partial charge in [-0.2, -0.15) is 0 Å². The van der Waals surface area contributed by atoms with Crippen molar-refractivity contribution in [3.05, 3.63) is 107 Å². The average molecular weight is 517 g/mol. The van der Waals surface area contributed by atoms with Crippen molar-refractivity contribution in [3.8, 4) is 0 Å². The van der Waals surface area contributed by atoms with Crippen molar-refractivity contribution in [1.29, 1.82) is 0 Å². The van der Waals surface area contributed by atoms with E-state index in [0.717, 1.165) is 50.9 Å². The molecule has 0 fully saturated rings. The fourth-order valence-electron chi connectivity index (χ4n) is 6.21. The van der Waals surface area contributed by atoms with Crippen molar-refractivity contribution >= 4 is 45.4 Å². The van der Waals surface area contributed by atoms with E-state index in [1.54, 1.807) is 11.9 Å². The predicted octanol–water partition coefficient (Wildman–Crippen LogP) is 7.03. The zero-order chi connectivity index (χ0) is 27.3. The smallest absolute Gasteiger partial charge is 0.254 e. The second-order valence-corrected chi connectivity index (χ2v) is 10.2. The summed E-state index contributed by atoms with van der Waals surface area (Å²) in [5, 5.41) is 5.48. The molecule has 6 heteroatoms. The van der Waals surface area contributed by atoms with Gasteiger partial charge in [-0.3, -0.25) is 9.59 Å². The number of anilines is 1. The molecular formula is C33H32N4O2. The Balaban J connectivity index is 1.45. The van der Waals surface area contributed by atoms with E-state index in [0.29, 0.717) is 5.56 Å². The summed E-state index contributed by atoms with van der Waals surface area (Å²) in [5.41, 5.74) is 7.33. The highest BCUT2D eigenvalue weighted by molar-refractivity contribution is 6.10. The number of likely N-dealkylation sites (N-methyl/N-ethyl adjacent to an activating group) is 1. The van der Waals surface area contributed by atoms with Crippen LogP contribution in [0.4, 0.5) is 5.69 Å². The molecule has 39 heavy (non-hydrogen) atoms. The number of fused-ring (bicyclic) bond motifs is 4. The number of aryl methyl sites for hydroxylation is 1. The number of carbonyl (C=O) groups is 2. The van der Waals surface area contributed by atoms with E-state index >= 15 is 0 Å². The standard InChI is InChI=1S/C33H32N4O2/c1-5-11-27-20(3)26(19-34-27)31-30(23-13-7-8-14-24(23)33(39)36(31)4)32(38)35-21-16-17-29-25(18-21)22-12-9-10-15-28(22)37(29)6-2/h5,7-19,30-31,34H,6H2,1-4H3,(H,35,38)/b11-5-. The lowest BCUT2D eigenvalue weighted by Gasteiger charge is -2.39. The second-order valence-electron chi connectivity index (χ2n) is 10.2. The van der Waals surface area contributed by atoms with Gasteiger partial charge in [0.2, 0.25) is 5.91 Å². The molecule has 0 saturated carbocycles. The number of amides is 2. The molecule has 6 nitrogen and oxygen atoms in total. The number of aromatic amines is 1. The van der Waals surface area contributed by atoms with E-state index in [1.807, 2.05) is 68.6 Å². The molecule has 2 aromatic heterocycles. The van der Waals surface area contributed by atoms with Crippen molar-refractivity contribution in [3.63, 3.8) is 0 Å². The average Bonchev–Trinajstić information content (AvgIpc) is 3.47. The molecule has 2 atom stereocenters. The Labute approximate surface area is 227 Å². The first-order chi connectivity index (χ1) is 18.9. The Bertz CT molecular complexity index is 1770. The lowest BCUT2D eigenvalue weighted by molar-refractivity contribution is -0.119. The molecule has 2 unspecified atom stereocenters. The fourth-order valence-corrected chi connectivity index (χ4v) is 6.21. The van der Waals surface area contributed by atoms with Gasteiger partial charge in [0.25, 0.3) is 5.91 Å². The van der Waals surface area contributed by atoms with Gasteiger partial charge in [-0.1, -0.05) is 42.5 Å². The molecular weight excluding hydrogens is 484 g/mol. The van der Waals surface area contributed by atoms with Crippen LogP contribution in [0.15, 0.2) is 79.0 Å². The minimum absolute atomic E-state index is 0.0818. The van der Waals surface area contributed by atoms with Gasteiger partial charge in [-0.25, -0.2) is 0 Å². The highest BCUT2D eigenvalue weighted by Gasteiger charge is 2.43. The predicted molar refractivity (Wildman–Crippen MR) is 158 cm³/mol. The number of nitrogens with one attached hydrogen (secondary N) is 2. The molecule has 3 heterocycles. The maximum Gasteiger partial charge on any atom is 0.254 e. The van der Waals surface area contributed by atoms with Gasteiger partial charge in [0.1, 0.15) is 0 Å². The number of H-pyrrole nitrogens is 1. The van der Waals surface area contributed by atoms with Crippen molar-refractivity contribution < 1.29 is 9.59 Å². The van der Waals surface area contributed by atoms with Gasteiger partial charge in [-0.05, 0) is 73.9 Å². The van der Waals surface area contributed by atoms with Crippen LogP contribution in [0.1, 0.15) is 58.5 Å². The van der Waals surface area contributed by atoms with Gasteiger partial charge in [0.15, 0.2) is 0 Å². The van der Waals surface area contributed by atoms with Crippen LogP contribution >= 0.6 is 0 Å². The first-order valence-electron chi connectivity index (χ1n) is 13.4. The fraction of sp³-hybridized carbons (Fsp3) is 0.212. The molecule has 0 aliphatic carbocycles. The zero-order valence-corrected chi connectivity index (χ0v) is 22.7. The maximum absolute atomic E-state index is 14.2. The molecule has 2 N–H and O–H groups in total. The molecule has 2 amide bonds. The summed E-state index contributed by atoms with van der Waals surface area (Å²) in [7, 11) is 1.79. The third-order valence-corrected chi connectivity index (χ3v) is 8.09. The monoisotopic (exact) mass is 516 g/mol. The van der Waals surface area contributed by atoms with Gasteiger partial charge in [0.05, 0.1) is 12.0 Å². The molecule has 1 aliphatic heterocycles. The van der Waals surface area contributed by atoms with E-state index < -0.39 is 12.0 Å². The summed E-state index contributed by atoms with van der Waals surface area (Å²) < 4.78 is 2.29. The number of para-hydroxylation sites is 1. The van der Waals surface area contributed by atoms with E-state index in [2.05, 4.69) is 52.1 Å². The minimum atomic E-state index is -0.579. The number of nitrogens with zero attached hydrogens (tertiary/aromatic N) is 2. The van der Waals surface area contributed by atoms with Crippen molar-refractivity contribution in [2.45, 2.75) is 39.3 Å². The number of benzene rings is 3. The Hall–Kier alpha value is -4.58. The Morgan fingerprint density at radius 3 is 2.54 bits per heavy atom. The number of hydrogen-bond donors (Lipinski definition) is 2. The summed E-state index contributed by atoms with van der Waals surface area (Å²) >= 11 is 0. The number of aromatic nitrogens is 2. The molecule has 0 saturated heterocycles. The first kappa shape index (κ1) is 24.7. The number of allylic oxidation sites excluding steroid dienone is 1. The Morgan fingerprint density at radius 2 is 1.74 bits per heavy atom. The zero-order valence-electron chi connectivity index (χ0n) is 22.7. The van der Waals surface area contributed by atoms with Crippen LogP contribution in [0, 0.1) is 6.92 Å². The van der Waals surface area contributed by atoms with Crippen molar-refractivity contribution in [2.75, 3.05) is 12.4 Å². The minimum Gasteiger partial charge on any atom is -0.361 e. The molecule has 0 spiro atoms. The van der Waals surface area contributed by atoms with Crippen LogP contribution in [-0.2, 0) is 11.3 Å². The normalized spacial score (nSPS) is 17.3. The van der Waals surface area contributed by atoms with Gasteiger partial charge >= 0.3 is 0 Å². The molecule has 1 aliphatic rings. The van der Waals surface area contributed by atoms with Gasteiger partial charge in [-0.15, -0.1) is 0 Å². The lowest BCUT2D eigenvalue weighted by atomic mass is 9.79. The van der Waals surface area contributed by atoms with Crippen LogP contribution in [-0.4, -0.2) is 33.3 Å². The van der Waals surface area contributed by atoms with Gasteiger partial charge < -0.3 is 19.8 Å². The van der Waals surface area contributed by atoms with Crippen LogP contribution < -0.4 is 5.32 Å². The van der Waals surface area contributed by atoms with E-state index in [-0.39, 0.29) is 11.8 Å². The summed E-state index contributed by atoms with van der Waals surface area (Å²) in [6.45, 7) is 7.01. The maximum atomic E-state index is 14.2. The molecule has 5 aromatic rings. The highest BCUT2D eigenvalue weighted by atomic mass is 16.2. The lowest BCUT2D eigenvalue weighted by Crippen LogP contribution is -2.44. The molecule has 3 aromatic carbocycles. The number of rotatable bonds is 5. The quantitative estimate of drug-likeness (QED) is 0.263. The van der Waals surface area contributed by atoms with Crippen LogP contribution in [0.2, 0.25) is 0 Å². The third-order valence-electron chi connectivity index (χ3n) is 8.09. The summed E-state index contributed by atoms with van der Waals surface area (Å²) in [5.74, 6) is -0.801. The summed E-state index contributed by atoms with van der Waals surface area (Å²) in [4.78, 5) is 32.7. The van der Waals surface area contributed by atoms with Crippen LogP contribution in [0.3, 0.4) is 0 Å². The van der Waals surface area contributed by atoms with E-state index in [4.69, 9.17) is 0 Å². The van der Waals surface area contributed by atoms with Crippen molar-refractivity contribution in [2.24, 2.45) is 0 Å². The van der Waals surface area contributed by atoms with Crippen LogP contribution in [0.25, 0.3) is 27.9 Å². The summed E-state index contributed by atoms with van der Waals surface area (Å²) in [6, 6.07) is 21.5. The van der Waals surface area contributed by atoms with Crippen molar-refractivity contribution in [1.82, 2.24) is 14.5 Å². The first-order valence-corrected chi connectivity index (χ1v) is 13.4. The Kier molecular flexibility index (Phi) is 6.10. The molecule has 196 valence electrons. The third kappa shape index (κ3) is 3.86. The van der Waals surface area contributed by atoms with Gasteiger partial charge in [0, 0.05) is 58.5 Å². The number of hydrogen-bond acceptors (Lipinski definition) is 2. The number of carbonyl (C=O) groups excluding carboxylic acids is 2. The second kappa shape index (κ2) is 9.62. The molecule has 0 bridgehead atoms. The van der Waals surface area contributed by atoms with E-state index in [1.165, 1.54) is 5.52 Å². The Morgan fingerprint density at radius 1 is 1.00 bits per heavy atom. The molecule has 0 radical (unpaired) electrons. The SMILES string of the molecule is C/C=C\c1[nH]cc(C2C(C(=O)Nc3ccc4c(c3)c3ccccc3n4CC)c3ccccc3C(=O)N2C)c1C. The van der Waals surface area contributed by atoms with Crippen LogP contribution in [0.5, 0.6) is 0 Å². The largest absolute Gasteiger partial charge is 0.361 e. The topological polar surface area (TPSA) is 70.1 Å².